The number of pyridine rings is 1. The van der Waals surface area contributed by atoms with E-state index in [0.717, 1.165) is 32.1 Å². The molecule has 0 saturated carbocycles. The third kappa shape index (κ3) is 5.54. The number of hydrogen-bond acceptors (Lipinski definition) is 5. The summed E-state index contributed by atoms with van der Waals surface area (Å²) >= 11 is 3.23. The molecule has 0 aromatic carbocycles. The minimum atomic E-state index is -3.66. The van der Waals surface area contributed by atoms with Crippen LogP contribution < -0.4 is 16.0 Å². The predicted molar refractivity (Wildman–Crippen MR) is 88.3 cm³/mol. The largest absolute Gasteiger partial charge is 0.307 e. The van der Waals surface area contributed by atoms with Gasteiger partial charge in [0.05, 0.1) is 0 Å². The van der Waals surface area contributed by atoms with Gasteiger partial charge in [-0.3, -0.25) is 0 Å². The van der Waals surface area contributed by atoms with Gasteiger partial charge in [0.1, 0.15) is 4.90 Å². The minimum absolute atomic E-state index is 0.0528. The molecular formula is C13H23BrN4O2S. The Morgan fingerprint density at radius 3 is 2.62 bits per heavy atom. The summed E-state index contributed by atoms with van der Waals surface area (Å²) in [6, 6.07) is 1.43. The number of nitrogens with two attached hydrogens (primary N) is 1. The molecule has 1 aromatic heterocycles. The van der Waals surface area contributed by atoms with E-state index in [-0.39, 0.29) is 16.8 Å². The molecule has 8 heteroatoms. The van der Waals surface area contributed by atoms with E-state index >= 15 is 0 Å². The molecule has 0 aliphatic heterocycles. The van der Waals surface area contributed by atoms with Crippen LogP contribution in [0.3, 0.4) is 0 Å². The Balaban J connectivity index is 3.00. The fourth-order valence-corrected chi connectivity index (χ4v) is 4.01. The number of hydrogen-bond donors (Lipinski definition) is 3. The molecule has 0 spiro atoms. The number of rotatable bonds is 9. The number of sulfonamides is 1. The predicted octanol–water partition coefficient (Wildman–Crippen LogP) is 2.77. The lowest BCUT2D eigenvalue weighted by Gasteiger charge is -2.19. The van der Waals surface area contributed by atoms with Crippen molar-refractivity contribution in [3.05, 3.63) is 16.7 Å². The highest BCUT2D eigenvalue weighted by Crippen LogP contribution is 2.23. The van der Waals surface area contributed by atoms with Crippen molar-refractivity contribution in [3.63, 3.8) is 0 Å². The van der Waals surface area contributed by atoms with Gasteiger partial charge in [-0.05, 0) is 34.8 Å². The number of anilines is 1. The second-order valence-electron chi connectivity index (χ2n) is 4.89. The van der Waals surface area contributed by atoms with Crippen LogP contribution in [0.25, 0.3) is 0 Å². The highest BCUT2D eigenvalue weighted by molar-refractivity contribution is 9.10. The highest BCUT2D eigenvalue weighted by Gasteiger charge is 2.23. The summed E-state index contributed by atoms with van der Waals surface area (Å²) in [5.74, 6) is 5.48. The Labute approximate surface area is 135 Å². The van der Waals surface area contributed by atoms with Gasteiger partial charge in [-0.1, -0.05) is 33.1 Å². The van der Waals surface area contributed by atoms with Crippen LogP contribution in [-0.4, -0.2) is 19.4 Å². The Hall–Kier alpha value is -0.700. The van der Waals surface area contributed by atoms with Crippen molar-refractivity contribution >= 4 is 31.8 Å². The van der Waals surface area contributed by atoms with Gasteiger partial charge in [0.15, 0.2) is 5.82 Å². The molecular weight excluding hydrogens is 356 g/mol. The summed E-state index contributed by atoms with van der Waals surface area (Å²) < 4.78 is 28.4. The zero-order valence-corrected chi connectivity index (χ0v) is 14.8. The average molecular weight is 379 g/mol. The van der Waals surface area contributed by atoms with E-state index < -0.39 is 10.0 Å². The van der Waals surface area contributed by atoms with Gasteiger partial charge >= 0.3 is 0 Å². The number of nitrogens with one attached hydrogen (secondary N) is 2. The van der Waals surface area contributed by atoms with Gasteiger partial charge in [-0.2, -0.15) is 0 Å². The number of unbranched alkanes of at least 4 members (excludes halogenated alkanes) is 1. The molecule has 1 aromatic rings. The zero-order valence-electron chi connectivity index (χ0n) is 12.4. The van der Waals surface area contributed by atoms with E-state index in [1.807, 2.05) is 6.92 Å². The first-order valence-corrected chi connectivity index (χ1v) is 9.36. The fraction of sp³-hybridized carbons (Fsp3) is 0.615. The summed E-state index contributed by atoms with van der Waals surface area (Å²) in [6.45, 7) is 4.13. The van der Waals surface area contributed by atoms with Crippen LogP contribution in [0.15, 0.2) is 21.6 Å². The summed E-state index contributed by atoms with van der Waals surface area (Å²) in [6.07, 6.45) is 6.09. The SMILES string of the molecule is CCCCC(CCC)NS(=O)(=O)c1cc(Br)cnc1NN. The van der Waals surface area contributed by atoms with Crippen LogP contribution >= 0.6 is 15.9 Å². The van der Waals surface area contributed by atoms with E-state index in [1.165, 1.54) is 12.3 Å². The minimum Gasteiger partial charge on any atom is -0.307 e. The van der Waals surface area contributed by atoms with E-state index in [9.17, 15) is 8.42 Å². The maximum absolute atomic E-state index is 12.5. The molecule has 21 heavy (non-hydrogen) atoms. The number of nitrogens with zero attached hydrogens (tertiary/aromatic N) is 1. The quantitative estimate of drug-likeness (QED) is 0.453. The lowest BCUT2D eigenvalue weighted by Crippen LogP contribution is -2.35. The Kier molecular flexibility index (Phi) is 7.58. The molecule has 0 fully saturated rings. The molecule has 1 unspecified atom stereocenters. The molecule has 0 saturated heterocycles. The van der Waals surface area contributed by atoms with Gasteiger partial charge in [0.25, 0.3) is 0 Å². The second kappa shape index (κ2) is 8.67. The van der Waals surface area contributed by atoms with Crippen LogP contribution in [0.4, 0.5) is 5.82 Å². The van der Waals surface area contributed by atoms with Crippen molar-refractivity contribution in [3.8, 4) is 0 Å². The molecule has 120 valence electrons. The molecule has 1 rings (SSSR count). The first-order chi connectivity index (χ1) is 9.94. The van der Waals surface area contributed by atoms with Gasteiger partial charge in [-0.25, -0.2) is 24.0 Å². The van der Waals surface area contributed by atoms with Crippen molar-refractivity contribution < 1.29 is 8.42 Å². The van der Waals surface area contributed by atoms with Crippen LogP contribution in [0.1, 0.15) is 46.0 Å². The van der Waals surface area contributed by atoms with Crippen molar-refractivity contribution in [2.45, 2.75) is 56.9 Å². The third-order valence-corrected chi connectivity index (χ3v) is 5.08. The van der Waals surface area contributed by atoms with Crippen molar-refractivity contribution in [2.24, 2.45) is 5.84 Å². The van der Waals surface area contributed by atoms with Gasteiger partial charge in [-0.15, -0.1) is 0 Å². The number of hydrazine groups is 1. The molecule has 4 N–H and O–H groups in total. The van der Waals surface area contributed by atoms with E-state index in [1.54, 1.807) is 0 Å². The fourth-order valence-electron chi connectivity index (χ4n) is 2.08. The standard InChI is InChI=1S/C13H23BrN4O2S/c1-3-5-7-11(6-4-2)18-21(19,20)12-8-10(14)9-16-13(12)17-15/h8-9,11,18H,3-7,15H2,1-2H3,(H,16,17). The van der Waals surface area contributed by atoms with Crippen molar-refractivity contribution in [1.29, 1.82) is 0 Å². The third-order valence-electron chi connectivity index (χ3n) is 3.11. The van der Waals surface area contributed by atoms with E-state index in [0.29, 0.717) is 4.47 Å². The van der Waals surface area contributed by atoms with Gasteiger partial charge in [0.2, 0.25) is 10.0 Å². The Morgan fingerprint density at radius 1 is 1.33 bits per heavy atom. The average Bonchev–Trinajstić information content (AvgIpc) is 2.44. The number of aromatic nitrogens is 1. The Morgan fingerprint density at radius 2 is 2.05 bits per heavy atom. The van der Waals surface area contributed by atoms with Crippen LogP contribution in [-0.2, 0) is 10.0 Å². The molecule has 0 aliphatic carbocycles. The molecule has 1 heterocycles. The Bertz CT molecular complexity index is 551. The van der Waals surface area contributed by atoms with E-state index in [2.05, 4.69) is 38.0 Å². The zero-order chi connectivity index (χ0) is 15.9. The smallest absolute Gasteiger partial charge is 0.244 e. The van der Waals surface area contributed by atoms with Gasteiger partial charge in [0, 0.05) is 16.7 Å². The molecule has 0 aliphatic rings. The molecule has 1 atom stereocenters. The molecule has 6 nitrogen and oxygen atoms in total. The van der Waals surface area contributed by atoms with Crippen molar-refractivity contribution in [2.75, 3.05) is 5.43 Å². The monoisotopic (exact) mass is 378 g/mol. The van der Waals surface area contributed by atoms with Crippen LogP contribution in [0, 0.1) is 0 Å². The molecule has 0 bridgehead atoms. The lowest BCUT2D eigenvalue weighted by molar-refractivity contribution is 0.483. The van der Waals surface area contributed by atoms with Crippen LogP contribution in [0.5, 0.6) is 0 Å². The second-order valence-corrected chi connectivity index (χ2v) is 7.49. The van der Waals surface area contributed by atoms with E-state index in [4.69, 9.17) is 5.84 Å². The van der Waals surface area contributed by atoms with Crippen LogP contribution in [0.2, 0.25) is 0 Å². The summed E-state index contributed by atoms with van der Waals surface area (Å²) in [5.41, 5.74) is 2.33. The normalized spacial score (nSPS) is 13.1. The van der Waals surface area contributed by atoms with Gasteiger partial charge < -0.3 is 5.43 Å². The maximum atomic E-state index is 12.5. The van der Waals surface area contributed by atoms with Crippen molar-refractivity contribution in [1.82, 2.24) is 9.71 Å². The first-order valence-electron chi connectivity index (χ1n) is 7.09. The maximum Gasteiger partial charge on any atom is 0.244 e. The number of halogens is 1. The first kappa shape index (κ1) is 18.3. The summed E-state index contributed by atoms with van der Waals surface area (Å²) in [4.78, 5) is 4.03. The highest BCUT2D eigenvalue weighted by atomic mass is 79.9. The number of nitrogen functional groups attached to an aromatic ring is 1. The molecule has 0 amide bonds. The molecule has 0 radical (unpaired) electrons. The lowest BCUT2D eigenvalue weighted by atomic mass is 10.1. The summed E-state index contributed by atoms with van der Waals surface area (Å²) in [5, 5.41) is 0. The summed E-state index contributed by atoms with van der Waals surface area (Å²) in [7, 11) is -3.66. The topological polar surface area (TPSA) is 97.1 Å².